The second-order valence-electron chi connectivity index (χ2n) is 6.06. The van der Waals surface area contributed by atoms with Gasteiger partial charge in [0.2, 0.25) is 10.0 Å². The zero-order chi connectivity index (χ0) is 18.4. The maximum absolute atomic E-state index is 12.2. The molecule has 1 aliphatic heterocycles. The van der Waals surface area contributed by atoms with Crippen LogP contribution in [0.2, 0.25) is 0 Å². The van der Waals surface area contributed by atoms with Gasteiger partial charge < -0.3 is 10.6 Å². The van der Waals surface area contributed by atoms with Gasteiger partial charge in [0.15, 0.2) is 5.96 Å². The highest BCUT2D eigenvalue weighted by atomic mass is 127. The smallest absolute Gasteiger partial charge is 0.270 e. The molecule has 3 N–H and O–H groups in total. The first-order valence-corrected chi connectivity index (χ1v) is 9.57. The summed E-state index contributed by atoms with van der Waals surface area (Å²) in [5.74, 6) is 1.10. The van der Waals surface area contributed by atoms with Crippen LogP contribution in [0, 0.1) is 16.0 Å². The Labute approximate surface area is 170 Å². The van der Waals surface area contributed by atoms with E-state index in [-0.39, 0.29) is 47.6 Å². The first-order valence-electron chi connectivity index (χ1n) is 8.08. The van der Waals surface area contributed by atoms with Gasteiger partial charge in [0.25, 0.3) is 5.69 Å². The Morgan fingerprint density at radius 3 is 2.69 bits per heavy atom. The summed E-state index contributed by atoms with van der Waals surface area (Å²) in [6.07, 6.45) is 2.13. The number of guanidine groups is 1. The molecular formula is C15H24IN5O4S. The van der Waals surface area contributed by atoms with Gasteiger partial charge in [0.1, 0.15) is 0 Å². The summed E-state index contributed by atoms with van der Waals surface area (Å²) in [7, 11) is -3.82. The fourth-order valence-corrected chi connectivity index (χ4v) is 3.60. The summed E-state index contributed by atoms with van der Waals surface area (Å²) in [6, 6.07) is 4.90. The van der Waals surface area contributed by atoms with Gasteiger partial charge in [0.05, 0.1) is 16.4 Å². The molecule has 9 nitrogen and oxygen atoms in total. The molecule has 26 heavy (non-hydrogen) atoms. The topological polar surface area (TPSA) is 131 Å². The van der Waals surface area contributed by atoms with E-state index in [4.69, 9.17) is 5.73 Å². The zero-order valence-corrected chi connectivity index (χ0v) is 17.6. The van der Waals surface area contributed by atoms with E-state index >= 15 is 0 Å². The van der Waals surface area contributed by atoms with Crippen molar-refractivity contribution < 1.29 is 13.3 Å². The summed E-state index contributed by atoms with van der Waals surface area (Å²) in [5, 5.41) is 10.7. The number of non-ortho nitro benzene ring substituents is 1. The van der Waals surface area contributed by atoms with Gasteiger partial charge in [0, 0.05) is 31.8 Å². The van der Waals surface area contributed by atoms with Crippen LogP contribution in [-0.4, -0.2) is 50.4 Å². The lowest BCUT2D eigenvalue weighted by Gasteiger charge is -2.31. The summed E-state index contributed by atoms with van der Waals surface area (Å²) < 4.78 is 26.7. The number of likely N-dealkylation sites (tertiary alicyclic amines) is 1. The Morgan fingerprint density at radius 1 is 1.42 bits per heavy atom. The van der Waals surface area contributed by atoms with E-state index in [0.717, 1.165) is 32.0 Å². The van der Waals surface area contributed by atoms with E-state index in [0.29, 0.717) is 11.9 Å². The standard InChI is InChI=1S/C15H23N5O4S.HI/c1-12-5-9-19(10-6-12)15(16)17-7-8-18-25(23,24)14-4-2-3-13(11-14)20(21)22;/h2-4,11-12,18H,5-10H2,1H3,(H2,16,17);1H. The average molecular weight is 497 g/mol. The number of nitro benzene ring substituents is 1. The number of piperidine rings is 1. The Hall–Kier alpha value is -1.47. The van der Waals surface area contributed by atoms with Crippen molar-refractivity contribution in [2.75, 3.05) is 26.2 Å². The molecular weight excluding hydrogens is 473 g/mol. The number of nitrogens with one attached hydrogen (secondary N) is 1. The number of hydrogen-bond donors (Lipinski definition) is 2. The highest BCUT2D eigenvalue weighted by Crippen LogP contribution is 2.17. The number of nitro groups is 1. The average Bonchev–Trinajstić information content (AvgIpc) is 2.59. The van der Waals surface area contributed by atoms with E-state index in [2.05, 4.69) is 16.6 Å². The van der Waals surface area contributed by atoms with Gasteiger partial charge in [-0.1, -0.05) is 13.0 Å². The molecule has 1 fully saturated rings. The van der Waals surface area contributed by atoms with Crippen molar-refractivity contribution in [2.45, 2.75) is 24.7 Å². The van der Waals surface area contributed by atoms with Crippen molar-refractivity contribution in [3.05, 3.63) is 34.4 Å². The molecule has 0 aliphatic carbocycles. The van der Waals surface area contributed by atoms with Crippen LogP contribution in [0.25, 0.3) is 0 Å². The zero-order valence-electron chi connectivity index (χ0n) is 14.5. The normalized spacial score (nSPS) is 16.2. The Kier molecular flexibility index (Phi) is 8.70. The van der Waals surface area contributed by atoms with Crippen LogP contribution in [-0.2, 0) is 10.0 Å². The van der Waals surface area contributed by atoms with Crippen molar-refractivity contribution in [3.63, 3.8) is 0 Å². The molecule has 0 unspecified atom stereocenters. The van der Waals surface area contributed by atoms with Gasteiger partial charge in [-0.3, -0.25) is 15.1 Å². The lowest BCUT2D eigenvalue weighted by molar-refractivity contribution is -0.385. The molecule has 0 amide bonds. The van der Waals surface area contributed by atoms with Crippen LogP contribution in [0.15, 0.2) is 34.2 Å². The third-order valence-electron chi connectivity index (χ3n) is 4.12. The second-order valence-corrected chi connectivity index (χ2v) is 7.83. The first kappa shape index (κ1) is 22.6. The summed E-state index contributed by atoms with van der Waals surface area (Å²) in [5.41, 5.74) is 5.66. The lowest BCUT2D eigenvalue weighted by Crippen LogP contribution is -2.42. The van der Waals surface area contributed by atoms with Crippen LogP contribution in [0.1, 0.15) is 19.8 Å². The number of rotatable bonds is 6. The van der Waals surface area contributed by atoms with Gasteiger partial charge >= 0.3 is 0 Å². The third-order valence-corrected chi connectivity index (χ3v) is 5.58. The number of hydrogen-bond acceptors (Lipinski definition) is 5. The van der Waals surface area contributed by atoms with Gasteiger partial charge in [-0.25, -0.2) is 13.1 Å². The maximum Gasteiger partial charge on any atom is 0.270 e. The lowest BCUT2D eigenvalue weighted by atomic mass is 10.00. The van der Waals surface area contributed by atoms with E-state index in [9.17, 15) is 18.5 Å². The highest BCUT2D eigenvalue weighted by Gasteiger charge is 2.18. The molecule has 1 aromatic carbocycles. The summed E-state index contributed by atoms with van der Waals surface area (Å²) >= 11 is 0. The van der Waals surface area contributed by atoms with Gasteiger partial charge in [-0.05, 0) is 24.8 Å². The molecule has 1 heterocycles. The van der Waals surface area contributed by atoms with Crippen LogP contribution in [0.4, 0.5) is 5.69 Å². The number of benzene rings is 1. The monoisotopic (exact) mass is 497 g/mol. The highest BCUT2D eigenvalue weighted by molar-refractivity contribution is 14.0. The quantitative estimate of drug-likeness (QED) is 0.153. The molecule has 0 radical (unpaired) electrons. The van der Waals surface area contributed by atoms with Crippen LogP contribution >= 0.6 is 24.0 Å². The molecule has 0 spiro atoms. The van der Waals surface area contributed by atoms with Crippen LogP contribution in [0.3, 0.4) is 0 Å². The van der Waals surface area contributed by atoms with Gasteiger partial charge in [-0.2, -0.15) is 0 Å². The molecule has 0 atom stereocenters. The van der Waals surface area contributed by atoms with E-state index in [1.807, 2.05) is 4.90 Å². The molecule has 0 saturated carbocycles. The first-order chi connectivity index (χ1) is 11.8. The molecule has 146 valence electrons. The summed E-state index contributed by atoms with van der Waals surface area (Å²) in [4.78, 5) is 16.2. The van der Waals surface area contributed by atoms with Gasteiger partial charge in [-0.15, -0.1) is 24.0 Å². The fraction of sp³-hybridized carbons (Fsp3) is 0.533. The summed E-state index contributed by atoms with van der Waals surface area (Å²) in [6.45, 7) is 4.18. The molecule has 0 bridgehead atoms. The minimum absolute atomic E-state index is 0. The van der Waals surface area contributed by atoms with E-state index in [1.54, 1.807) is 0 Å². The number of aliphatic imine (C=N–C) groups is 1. The third kappa shape index (κ3) is 6.36. The Morgan fingerprint density at radius 2 is 2.08 bits per heavy atom. The fourth-order valence-electron chi connectivity index (χ4n) is 2.54. The van der Waals surface area contributed by atoms with E-state index < -0.39 is 14.9 Å². The number of sulfonamides is 1. The molecule has 1 saturated heterocycles. The predicted molar refractivity (Wildman–Crippen MR) is 110 cm³/mol. The molecule has 1 aromatic rings. The molecule has 2 rings (SSSR count). The number of nitrogens with two attached hydrogens (primary N) is 1. The minimum Gasteiger partial charge on any atom is -0.370 e. The predicted octanol–water partition coefficient (Wildman–Crippen LogP) is 1.54. The van der Waals surface area contributed by atoms with Crippen molar-refractivity contribution in [3.8, 4) is 0 Å². The van der Waals surface area contributed by atoms with Crippen LogP contribution < -0.4 is 10.5 Å². The van der Waals surface area contributed by atoms with Crippen molar-refractivity contribution >= 4 is 45.6 Å². The van der Waals surface area contributed by atoms with Crippen LogP contribution in [0.5, 0.6) is 0 Å². The van der Waals surface area contributed by atoms with Crippen molar-refractivity contribution in [1.29, 1.82) is 0 Å². The molecule has 1 aliphatic rings. The number of halogens is 1. The van der Waals surface area contributed by atoms with Crippen molar-refractivity contribution in [2.24, 2.45) is 16.6 Å². The molecule has 11 heteroatoms. The maximum atomic E-state index is 12.2. The SMILES string of the molecule is CC1CCN(C(N)=NCCNS(=O)(=O)c2cccc([N+](=O)[O-])c2)CC1.I. The Bertz CT molecular complexity index is 748. The minimum atomic E-state index is -3.82. The van der Waals surface area contributed by atoms with E-state index in [1.165, 1.54) is 18.2 Å². The molecule has 0 aromatic heterocycles. The largest absolute Gasteiger partial charge is 0.370 e. The number of nitrogens with zero attached hydrogens (tertiary/aromatic N) is 3. The second kappa shape index (κ2) is 10.0. The van der Waals surface area contributed by atoms with Crippen molar-refractivity contribution in [1.82, 2.24) is 9.62 Å². The Balaban J connectivity index is 0.00000338.